The van der Waals surface area contributed by atoms with Crippen molar-refractivity contribution >= 4 is 29.2 Å². The van der Waals surface area contributed by atoms with Crippen LogP contribution in [0.1, 0.15) is 18.4 Å². The van der Waals surface area contributed by atoms with Gasteiger partial charge in [-0.3, -0.25) is 24.5 Å². The molecule has 2 rings (SSSR count). The van der Waals surface area contributed by atoms with Crippen LogP contribution in [0.5, 0.6) is 0 Å². The van der Waals surface area contributed by atoms with Gasteiger partial charge in [-0.1, -0.05) is 30.3 Å². The molecule has 146 valence electrons. The fourth-order valence-corrected chi connectivity index (χ4v) is 2.44. The molecule has 0 unspecified atom stereocenters. The van der Waals surface area contributed by atoms with Crippen molar-refractivity contribution in [1.29, 1.82) is 0 Å². The van der Waals surface area contributed by atoms with Crippen molar-refractivity contribution < 1.29 is 24.4 Å². The molecule has 0 aliphatic carbocycles. The summed E-state index contributed by atoms with van der Waals surface area (Å²) in [5.74, 6) is -2.17. The van der Waals surface area contributed by atoms with Crippen molar-refractivity contribution in [2.45, 2.75) is 25.3 Å². The van der Waals surface area contributed by atoms with E-state index >= 15 is 0 Å². The molecule has 28 heavy (non-hydrogen) atoms. The van der Waals surface area contributed by atoms with Gasteiger partial charge >= 0.3 is 5.97 Å². The van der Waals surface area contributed by atoms with Crippen molar-refractivity contribution in [3.8, 4) is 0 Å². The maximum atomic E-state index is 12.6. The smallest absolute Gasteiger partial charge is 0.303 e. The molecule has 0 spiro atoms. The SMILES string of the molecule is O=C(O)CCC(=O)N[C@H](Cc1ccccc1)C(=O)Nc1ccc([N+](=O)[O-])cc1. The van der Waals surface area contributed by atoms with Gasteiger partial charge in [0.1, 0.15) is 6.04 Å². The summed E-state index contributed by atoms with van der Waals surface area (Å²) >= 11 is 0. The number of aliphatic carboxylic acids is 1. The van der Waals surface area contributed by atoms with E-state index in [1.807, 2.05) is 6.07 Å². The largest absolute Gasteiger partial charge is 0.481 e. The fraction of sp³-hybridized carbons (Fsp3) is 0.211. The molecule has 2 amide bonds. The zero-order valence-electron chi connectivity index (χ0n) is 14.8. The Morgan fingerprint density at radius 1 is 1.00 bits per heavy atom. The Balaban J connectivity index is 2.09. The van der Waals surface area contributed by atoms with E-state index in [-0.39, 0.29) is 24.9 Å². The molecule has 9 nitrogen and oxygen atoms in total. The molecule has 0 saturated heterocycles. The normalized spacial score (nSPS) is 11.3. The molecule has 2 aromatic rings. The minimum Gasteiger partial charge on any atom is -0.481 e. The highest BCUT2D eigenvalue weighted by atomic mass is 16.6. The summed E-state index contributed by atoms with van der Waals surface area (Å²) in [5.41, 5.74) is 1.04. The lowest BCUT2D eigenvalue weighted by atomic mass is 10.0. The average molecular weight is 385 g/mol. The number of carbonyl (C=O) groups is 3. The van der Waals surface area contributed by atoms with Crippen molar-refractivity contribution in [3.63, 3.8) is 0 Å². The number of hydrogen-bond donors (Lipinski definition) is 3. The summed E-state index contributed by atoms with van der Waals surface area (Å²) in [6, 6.07) is 13.4. The molecular formula is C19H19N3O6. The van der Waals surface area contributed by atoms with Gasteiger partial charge in [-0.05, 0) is 17.7 Å². The molecule has 0 aromatic heterocycles. The second-order valence-corrected chi connectivity index (χ2v) is 6.00. The lowest BCUT2D eigenvalue weighted by Gasteiger charge is -2.18. The molecule has 0 saturated carbocycles. The molecule has 2 aromatic carbocycles. The van der Waals surface area contributed by atoms with Gasteiger partial charge < -0.3 is 15.7 Å². The van der Waals surface area contributed by atoms with Gasteiger partial charge in [0.25, 0.3) is 5.69 Å². The first-order valence-corrected chi connectivity index (χ1v) is 8.45. The second-order valence-electron chi connectivity index (χ2n) is 6.00. The monoisotopic (exact) mass is 385 g/mol. The third-order valence-electron chi connectivity index (χ3n) is 3.85. The zero-order valence-corrected chi connectivity index (χ0v) is 14.8. The Hall–Kier alpha value is -3.75. The Kier molecular flexibility index (Phi) is 7.21. The number of nitrogens with zero attached hydrogens (tertiary/aromatic N) is 1. The van der Waals surface area contributed by atoms with E-state index in [2.05, 4.69) is 10.6 Å². The predicted molar refractivity (Wildman–Crippen MR) is 101 cm³/mol. The Labute approximate surface area is 160 Å². The minimum atomic E-state index is -1.11. The summed E-state index contributed by atoms with van der Waals surface area (Å²) in [6.45, 7) is 0. The maximum absolute atomic E-state index is 12.6. The van der Waals surface area contributed by atoms with Crippen molar-refractivity contribution in [2.24, 2.45) is 0 Å². The number of rotatable bonds is 9. The number of carboxylic acid groups (broad SMARTS) is 1. The van der Waals surface area contributed by atoms with E-state index in [0.717, 1.165) is 5.56 Å². The van der Waals surface area contributed by atoms with E-state index < -0.39 is 28.7 Å². The van der Waals surface area contributed by atoms with Crippen LogP contribution in [0, 0.1) is 10.1 Å². The van der Waals surface area contributed by atoms with Crippen LogP contribution in [0.15, 0.2) is 54.6 Å². The van der Waals surface area contributed by atoms with Gasteiger partial charge in [0.15, 0.2) is 0 Å². The fourth-order valence-electron chi connectivity index (χ4n) is 2.44. The summed E-state index contributed by atoms with van der Waals surface area (Å²) in [6.07, 6.45) is -0.377. The molecule has 0 aliphatic heterocycles. The van der Waals surface area contributed by atoms with Gasteiger partial charge in [0.05, 0.1) is 11.3 Å². The highest BCUT2D eigenvalue weighted by molar-refractivity contribution is 5.97. The highest BCUT2D eigenvalue weighted by Gasteiger charge is 2.22. The van der Waals surface area contributed by atoms with Crippen LogP contribution in [0.25, 0.3) is 0 Å². The first-order chi connectivity index (χ1) is 13.3. The Morgan fingerprint density at radius 2 is 1.64 bits per heavy atom. The molecule has 3 N–H and O–H groups in total. The summed E-state index contributed by atoms with van der Waals surface area (Å²) in [4.78, 5) is 45.4. The Morgan fingerprint density at radius 3 is 2.21 bits per heavy atom. The number of hydrogen-bond acceptors (Lipinski definition) is 5. The number of nitro benzene ring substituents is 1. The van der Waals surface area contributed by atoms with Crippen LogP contribution in [0.2, 0.25) is 0 Å². The van der Waals surface area contributed by atoms with E-state index in [1.165, 1.54) is 24.3 Å². The first kappa shape index (κ1) is 20.6. The van der Waals surface area contributed by atoms with Crippen molar-refractivity contribution in [1.82, 2.24) is 5.32 Å². The maximum Gasteiger partial charge on any atom is 0.303 e. The lowest BCUT2D eigenvalue weighted by molar-refractivity contribution is -0.384. The van der Waals surface area contributed by atoms with E-state index in [1.54, 1.807) is 24.3 Å². The summed E-state index contributed by atoms with van der Waals surface area (Å²) in [5, 5.41) is 24.5. The number of nitrogens with one attached hydrogen (secondary N) is 2. The zero-order chi connectivity index (χ0) is 20.5. The van der Waals surface area contributed by atoms with Crippen LogP contribution in [0.3, 0.4) is 0 Å². The van der Waals surface area contributed by atoms with Crippen molar-refractivity contribution in [3.05, 3.63) is 70.3 Å². The van der Waals surface area contributed by atoms with E-state index in [4.69, 9.17) is 5.11 Å². The average Bonchev–Trinajstić information content (AvgIpc) is 2.67. The number of non-ortho nitro benzene ring substituents is 1. The molecule has 0 radical (unpaired) electrons. The number of amides is 2. The predicted octanol–water partition coefficient (Wildman–Crippen LogP) is 2.13. The molecule has 1 atom stereocenters. The quantitative estimate of drug-likeness (QED) is 0.446. The molecular weight excluding hydrogens is 366 g/mol. The number of nitro groups is 1. The van der Waals surface area contributed by atoms with Crippen LogP contribution in [-0.4, -0.2) is 33.9 Å². The van der Waals surface area contributed by atoms with Crippen LogP contribution >= 0.6 is 0 Å². The van der Waals surface area contributed by atoms with Crippen LogP contribution in [0.4, 0.5) is 11.4 Å². The van der Waals surface area contributed by atoms with Crippen LogP contribution < -0.4 is 10.6 Å². The van der Waals surface area contributed by atoms with E-state index in [9.17, 15) is 24.5 Å². The molecule has 0 bridgehead atoms. The minimum absolute atomic E-state index is 0.110. The van der Waals surface area contributed by atoms with Crippen molar-refractivity contribution in [2.75, 3.05) is 5.32 Å². The standard InChI is InChI=1S/C19H19N3O6/c23-17(10-11-18(24)25)21-16(12-13-4-2-1-3-5-13)19(26)20-14-6-8-15(9-7-14)22(27)28/h1-9,16H,10-12H2,(H,20,26)(H,21,23)(H,24,25)/t16-/m1/s1. The first-order valence-electron chi connectivity index (χ1n) is 8.45. The number of benzene rings is 2. The third kappa shape index (κ3) is 6.52. The third-order valence-corrected chi connectivity index (χ3v) is 3.85. The molecule has 0 heterocycles. The van der Waals surface area contributed by atoms with Gasteiger partial charge in [0, 0.05) is 30.7 Å². The van der Waals surface area contributed by atoms with E-state index in [0.29, 0.717) is 5.69 Å². The topological polar surface area (TPSA) is 139 Å². The number of carboxylic acids is 1. The molecule has 0 fully saturated rings. The summed E-state index contributed by atoms with van der Waals surface area (Å²) < 4.78 is 0. The van der Waals surface area contributed by atoms with Crippen LogP contribution in [-0.2, 0) is 20.8 Å². The summed E-state index contributed by atoms with van der Waals surface area (Å²) in [7, 11) is 0. The molecule has 0 aliphatic rings. The van der Waals surface area contributed by atoms with Gasteiger partial charge in [-0.2, -0.15) is 0 Å². The number of anilines is 1. The second kappa shape index (κ2) is 9.81. The number of carbonyl (C=O) groups excluding carboxylic acids is 2. The molecule has 9 heteroatoms. The highest BCUT2D eigenvalue weighted by Crippen LogP contribution is 2.16. The van der Waals surface area contributed by atoms with Gasteiger partial charge in [0.2, 0.25) is 11.8 Å². The lowest BCUT2D eigenvalue weighted by Crippen LogP contribution is -2.45. The Bertz CT molecular complexity index is 852. The van der Waals surface area contributed by atoms with Gasteiger partial charge in [-0.15, -0.1) is 0 Å². The van der Waals surface area contributed by atoms with Gasteiger partial charge in [-0.25, -0.2) is 0 Å².